The first kappa shape index (κ1) is 14.3. The largest absolute Gasteiger partial charge is 0.394 e. The lowest BCUT2D eigenvalue weighted by atomic mass is 10.1. The molecule has 2 atom stereocenters. The van der Waals surface area contributed by atoms with Crippen LogP contribution in [0.1, 0.15) is 18.9 Å². The monoisotopic (exact) mass is 326 g/mol. The van der Waals surface area contributed by atoms with Crippen LogP contribution in [0.25, 0.3) is 0 Å². The van der Waals surface area contributed by atoms with Crippen LogP contribution in [0.5, 0.6) is 0 Å². The fourth-order valence-electron chi connectivity index (χ4n) is 2.29. The Labute approximate surface area is 121 Å². The van der Waals surface area contributed by atoms with Gasteiger partial charge >= 0.3 is 0 Å². The summed E-state index contributed by atoms with van der Waals surface area (Å²) in [6.45, 7) is 4.58. The van der Waals surface area contributed by atoms with Crippen LogP contribution in [0.2, 0.25) is 0 Å². The van der Waals surface area contributed by atoms with Crippen molar-refractivity contribution >= 4 is 27.5 Å². The quantitative estimate of drug-likeness (QED) is 0.871. The molecule has 2 N–H and O–H groups in total. The van der Waals surface area contributed by atoms with Crippen molar-refractivity contribution in [2.75, 3.05) is 18.1 Å². The summed E-state index contributed by atoms with van der Waals surface area (Å²) in [5.41, 5.74) is 2.11. The zero-order valence-electron chi connectivity index (χ0n) is 11.2. The SMILES string of the molecule is Cc1ccc(N2CCC(C)NC(=O)C2CO)cc1Br. The summed E-state index contributed by atoms with van der Waals surface area (Å²) in [5.74, 6) is -0.107. The smallest absolute Gasteiger partial charge is 0.245 e. The average Bonchev–Trinajstić information content (AvgIpc) is 2.51. The van der Waals surface area contributed by atoms with Gasteiger partial charge in [0.15, 0.2) is 0 Å². The summed E-state index contributed by atoms with van der Waals surface area (Å²) >= 11 is 3.51. The molecule has 1 aromatic carbocycles. The summed E-state index contributed by atoms with van der Waals surface area (Å²) in [4.78, 5) is 14.0. The lowest BCUT2D eigenvalue weighted by molar-refractivity contribution is -0.123. The molecule has 0 bridgehead atoms. The topological polar surface area (TPSA) is 52.6 Å². The molecule has 0 radical (unpaired) electrons. The van der Waals surface area contributed by atoms with Crippen LogP contribution in [-0.2, 0) is 4.79 Å². The third kappa shape index (κ3) is 3.09. The van der Waals surface area contributed by atoms with Gasteiger partial charge in [0.05, 0.1) is 6.61 Å². The fourth-order valence-corrected chi connectivity index (χ4v) is 2.66. The molecule has 1 saturated heterocycles. The van der Waals surface area contributed by atoms with Crippen LogP contribution in [0.4, 0.5) is 5.69 Å². The van der Waals surface area contributed by atoms with E-state index in [1.165, 1.54) is 0 Å². The zero-order chi connectivity index (χ0) is 14.0. The number of aliphatic hydroxyl groups is 1. The third-order valence-corrected chi connectivity index (χ3v) is 4.38. The molecule has 1 aliphatic rings. The number of rotatable bonds is 2. The molecule has 0 spiro atoms. The summed E-state index contributed by atoms with van der Waals surface area (Å²) < 4.78 is 1.01. The molecule has 1 aromatic rings. The summed E-state index contributed by atoms with van der Waals surface area (Å²) in [6.07, 6.45) is 0.869. The van der Waals surface area contributed by atoms with Gasteiger partial charge in [0.1, 0.15) is 6.04 Å². The predicted octanol–water partition coefficient (Wildman–Crippen LogP) is 1.83. The molecule has 1 heterocycles. The highest BCUT2D eigenvalue weighted by Crippen LogP contribution is 2.26. The molecule has 4 nitrogen and oxygen atoms in total. The van der Waals surface area contributed by atoms with Crippen LogP contribution >= 0.6 is 15.9 Å². The number of aliphatic hydroxyl groups excluding tert-OH is 1. The summed E-state index contributed by atoms with van der Waals surface area (Å²) in [6, 6.07) is 5.63. The first-order valence-corrected chi connectivity index (χ1v) is 7.26. The average molecular weight is 327 g/mol. The first-order valence-electron chi connectivity index (χ1n) is 6.47. The lowest BCUT2D eigenvalue weighted by Gasteiger charge is -2.29. The van der Waals surface area contributed by atoms with E-state index in [4.69, 9.17) is 0 Å². The van der Waals surface area contributed by atoms with E-state index in [1.54, 1.807) is 0 Å². The molecular formula is C14H19BrN2O2. The number of carbonyl (C=O) groups excluding carboxylic acids is 1. The number of aryl methyl sites for hydroxylation is 1. The Morgan fingerprint density at radius 3 is 2.89 bits per heavy atom. The number of carbonyl (C=O) groups is 1. The Bertz CT molecular complexity index is 479. The molecule has 104 valence electrons. The second-order valence-corrected chi connectivity index (χ2v) is 5.88. The summed E-state index contributed by atoms with van der Waals surface area (Å²) in [7, 11) is 0. The van der Waals surface area contributed by atoms with E-state index >= 15 is 0 Å². The minimum Gasteiger partial charge on any atom is -0.394 e. The fraction of sp³-hybridized carbons (Fsp3) is 0.500. The molecule has 2 rings (SSSR count). The molecule has 1 amide bonds. The van der Waals surface area contributed by atoms with Crippen molar-refractivity contribution in [3.05, 3.63) is 28.2 Å². The van der Waals surface area contributed by atoms with E-state index in [2.05, 4.69) is 21.2 Å². The number of halogens is 1. The van der Waals surface area contributed by atoms with Crippen molar-refractivity contribution in [2.45, 2.75) is 32.4 Å². The number of benzene rings is 1. The van der Waals surface area contributed by atoms with Crippen LogP contribution in [0.15, 0.2) is 22.7 Å². The van der Waals surface area contributed by atoms with E-state index in [1.807, 2.05) is 36.9 Å². The first-order chi connectivity index (χ1) is 9.02. The van der Waals surface area contributed by atoms with Gasteiger partial charge in [0.2, 0.25) is 5.91 Å². The Morgan fingerprint density at radius 1 is 1.53 bits per heavy atom. The van der Waals surface area contributed by atoms with E-state index in [0.29, 0.717) is 0 Å². The highest BCUT2D eigenvalue weighted by molar-refractivity contribution is 9.10. The van der Waals surface area contributed by atoms with Crippen molar-refractivity contribution in [1.29, 1.82) is 0 Å². The Morgan fingerprint density at radius 2 is 2.26 bits per heavy atom. The van der Waals surface area contributed by atoms with Gasteiger partial charge in [-0.2, -0.15) is 0 Å². The predicted molar refractivity (Wildman–Crippen MR) is 79.3 cm³/mol. The van der Waals surface area contributed by atoms with Crippen LogP contribution in [-0.4, -0.2) is 36.2 Å². The summed E-state index contributed by atoms with van der Waals surface area (Å²) in [5, 5.41) is 12.4. The Kier molecular flexibility index (Phi) is 4.47. The lowest BCUT2D eigenvalue weighted by Crippen LogP contribution is -2.47. The molecule has 19 heavy (non-hydrogen) atoms. The standard InChI is InChI=1S/C14H19BrN2O2/c1-9-3-4-11(7-12(9)15)17-6-5-10(2)16-14(19)13(17)8-18/h3-4,7,10,13,18H,5-6,8H2,1-2H3,(H,16,19). The van der Waals surface area contributed by atoms with Gasteiger partial charge in [-0.1, -0.05) is 22.0 Å². The van der Waals surface area contributed by atoms with E-state index in [9.17, 15) is 9.90 Å². The molecule has 0 saturated carbocycles. The van der Waals surface area contributed by atoms with Crippen molar-refractivity contribution in [3.63, 3.8) is 0 Å². The molecule has 1 fully saturated rings. The van der Waals surface area contributed by atoms with Crippen molar-refractivity contribution in [2.24, 2.45) is 0 Å². The number of nitrogens with one attached hydrogen (secondary N) is 1. The van der Waals surface area contributed by atoms with Crippen LogP contribution in [0, 0.1) is 6.92 Å². The van der Waals surface area contributed by atoms with Gasteiger partial charge in [-0.05, 0) is 38.0 Å². The van der Waals surface area contributed by atoms with Gasteiger partial charge < -0.3 is 15.3 Å². The highest BCUT2D eigenvalue weighted by Gasteiger charge is 2.30. The normalized spacial score (nSPS) is 24.0. The number of hydrogen-bond acceptors (Lipinski definition) is 3. The van der Waals surface area contributed by atoms with Gasteiger partial charge in [-0.25, -0.2) is 0 Å². The number of nitrogens with zero attached hydrogens (tertiary/aromatic N) is 1. The van der Waals surface area contributed by atoms with E-state index in [-0.39, 0.29) is 18.6 Å². The molecule has 2 unspecified atom stereocenters. The van der Waals surface area contributed by atoms with E-state index < -0.39 is 6.04 Å². The molecule has 1 aliphatic heterocycles. The molecule has 5 heteroatoms. The van der Waals surface area contributed by atoms with E-state index in [0.717, 1.165) is 28.7 Å². The van der Waals surface area contributed by atoms with Crippen molar-refractivity contribution in [3.8, 4) is 0 Å². The molecular weight excluding hydrogens is 308 g/mol. The number of hydrogen-bond donors (Lipinski definition) is 2. The molecule has 0 aromatic heterocycles. The minimum atomic E-state index is -0.514. The van der Waals surface area contributed by atoms with Crippen molar-refractivity contribution < 1.29 is 9.90 Å². The van der Waals surface area contributed by atoms with Gasteiger partial charge in [-0.3, -0.25) is 4.79 Å². The minimum absolute atomic E-state index is 0.107. The maximum atomic E-state index is 12.1. The van der Waals surface area contributed by atoms with Gasteiger partial charge in [0.25, 0.3) is 0 Å². The van der Waals surface area contributed by atoms with Crippen LogP contribution < -0.4 is 10.2 Å². The van der Waals surface area contributed by atoms with Gasteiger partial charge in [0, 0.05) is 22.7 Å². The maximum Gasteiger partial charge on any atom is 0.245 e. The number of anilines is 1. The van der Waals surface area contributed by atoms with Crippen LogP contribution in [0.3, 0.4) is 0 Å². The Hall–Kier alpha value is -1.07. The second kappa shape index (κ2) is 5.92. The third-order valence-electron chi connectivity index (χ3n) is 3.53. The van der Waals surface area contributed by atoms with Crippen molar-refractivity contribution in [1.82, 2.24) is 5.32 Å². The second-order valence-electron chi connectivity index (χ2n) is 5.02. The number of amides is 1. The zero-order valence-corrected chi connectivity index (χ0v) is 12.8. The Balaban J connectivity index is 2.33. The van der Waals surface area contributed by atoms with Gasteiger partial charge in [-0.15, -0.1) is 0 Å². The highest BCUT2D eigenvalue weighted by atomic mass is 79.9. The molecule has 0 aliphatic carbocycles. The maximum absolute atomic E-state index is 12.1.